The lowest BCUT2D eigenvalue weighted by Crippen LogP contribution is -2.38. The second-order valence-electron chi connectivity index (χ2n) is 5.87. The number of carbonyl (C=O) groups excluding carboxylic acids is 1. The third-order valence-corrected chi connectivity index (χ3v) is 3.18. The van der Waals surface area contributed by atoms with Gasteiger partial charge in [0, 0.05) is 6.54 Å². The van der Waals surface area contributed by atoms with Crippen molar-refractivity contribution in [2.45, 2.75) is 38.8 Å². The van der Waals surface area contributed by atoms with Gasteiger partial charge < -0.3 is 14.3 Å². The molecule has 6 heteroatoms. The standard InChI is InChI=1S/C14H19NO5/c1-14(2,3)20-13(18)15-7-6-9(12(16)17)11(15)10-5-4-8-19-10/h4-5,8-9,11H,6-7H2,1-3H3,(H,16,17)/t9-,11-/m1/s1. The van der Waals surface area contributed by atoms with Gasteiger partial charge in [0.1, 0.15) is 17.4 Å². The fraction of sp³-hybridized carbons (Fsp3) is 0.571. The Morgan fingerprint density at radius 1 is 1.45 bits per heavy atom. The first-order valence-corrected chi connectivity index (χ1v) is 6.55. The van der Waals surface area contributed by atoms with E-state index in [9.17, 15) is 14.7 Å². The number of hydrogen-bond acceptors (Lipinski definition) is 4. The number of nitrogens with zero attached hydrogens (tertiary/aromatic N) is 1. The number of amides is 1. The summed E-state index contributed by atoms with van der Waals surface area (Å²) >= 11 is 0. The number of ether oxygens (including phenoxy) is 1. The summed E-state index contributed by atoms with van der Waals surface area (Å²) in [6, 6.07) is 2.75. The first-order chi connectivity index (χ1) is 9.29. The predicted molar refractivity (Wildman–Crippen MR) is 70.1 cm³/mol. The third-order valence-electron chi connectivity index (χ3n) is 3.18. The Balaban J connectivity index is 2.24. The summed E-state index contributed by atoms with van der Waals surface area (Å²) in [6.45, 7) is 5.67. The van der Waals surface area contributed by atoms with E-state index in [1.165, 1.54) is 11.2 Å². The number of rotatable bonds is 2. The number of aliphatic carboxylic acids is 1. The molecule has 6 nitrogen and oxygen atoms in total. The number of likely N-dealkylation sites (tertiary alicyclic amines) is 1. The molecule has 1 fully saturated rings. The fourth-order valence-corrected chi connectivity index (χ4v) is 2.39. The molecule has 1 aromatic heterocycles. The SMILES string of the molecule is CC(C)(C)OC(=O)N1CC[C@@H](C(=O)O)[C@@H]1c1ccco1. The van der Waals surface area contributed by atoms with Crippen molar-refractivity contribution in [3.8, 4) is 0 Å². The number of carbonyl (C=O) groups is 2. The van der Waals surface area contributed by atoms with Gasteiger partial charge in [0.2, 0.25) is 0 Å². The van der Waals surface area contributed by atoms with Gasteiger partial charge in [0.25, 0.3) is 0 Å². The van der Waals surface area contributed by atoms with Crippen molar-refractivity contribution in [3.05, 3.63) is 24.2 Å². The van der Waals surface area contributed by atoms with Gasteiger partial charge in [-0.2, -0.15) is 0 Å². The molecule has 0 aliphatic carbocycles. The highest BCUT2D eigenvalue weighted by Crippen LogP contribution is 2.38. The minimum absolute atomic E-state index is 0.344. The van der Waals surface area contributed by atoms with E-state index in [-0.39, 0.29) is 0 Å². The van der Waals surface area contributed by atoms with Crippen molar-refractivity contribution >= 4 is 12.1 Å². The topological polar surface area (TPSA) is 80.0 Å². The largest absolute Gasteiger partial charge is 0.481 e. The summed E-state index contributed by atoms with van der Waals surface area (Å²) in [5.74, 6) is -1.13. The molecule has 110 valence electrons. The lowest BCUT2D eigenvalue weighted by molar-refractivity contribution is -0.142. The van der Waals surface area contributed by atoms with Crippen LogP contribution in [0.2, 0.25) is 0 Å². The van der Waals surface area contributed by atoms with Crippen LogP contribution in [0, 0.1) is 5.92 Å². The molecule has 0 bridgehead atoms. The van der Waals surface area contributed by atoms with Crippen molar-refractivity contribution in [2.75, 3.05) is 6.54 Å². The summed E-state index contributed by atoms with van der Waals surface area (Å²) < 4.78 is 10.6. The van der Waals surface area contributed by atoms with Crippen LogP contribution in [0.4, 0.5) is 4.79 Å². The molecular weight excluding hydrogens is 262 g/mol. The highest BCUT2D eigenvalue weighted by Gasteiger charge is 2.45. The molecule has 1 saturated heterocycles. The molecule has 1 amide bonds. The monoisotopic (exact) mass is 281 g/mol. The minimum atomic E-state index is -0.933. The fourth-order valence-electron chi connectivity index (χ4n) is 2.39. The van der Waals surface area contributed by atoms with Crippen LogP contribution in [0.1, 0.15) is 39.0 Å². The van der Waals surface area contributed by atoms with Gasteiger partial charge in [0.05, 0.1) is 12.2 Å². The summed E-state index contributed by atoms with van der Waals surface area (Å²) in [7, 11) is 0. The highest BCUT2D eigenvalue weighted by molar-refractivity contribution is 5.75. The van der Waals surface area contributed by atoms with Crippen LogP contribution in [0.3, 0.4) is 0 Å². The molecule has 1 aliphatic heterocycles. The van der Waals surface area contributed by atoms with Crippen molar-refractivity contribution in [1.82, 2.24) is 4.90 Å². The Morgan fingerprint density at radius 2 is 2.15 bits per heavy atom. The van der Waals surface area contributed by atoms with E-state index in [0.29, 0.717) is 18.7 Å². The van der Waals surface area contributed by atoms with Crippen LogP contribution in [0.25, 0.3) is 0 Å². The number of furan rings is 1. The van der Waals surface area contributed by atoms with E-state index >= 15 is 0 Å². The van der Waals surface area contributed by atoms with E-state index in [0.717, 1.165) is 0 Å². The maximum atomic E-state index is 12.2. The average Bonchev–Trinajstić information content (AvgIpc) is 2.95. The molecule has 0 saturated carbocycles. The van der Waals surface area contributed by atoms with Gasteiger partial charge in [-0.15, -0.1) is 0 Å². The lowest BCUT2D eigenvalue weighted by atomic mass is 9.99. The average molecular weight is 281 g/mol. The van der Waals surface area contributed by atoms with Gasteiger partial charge >= 0.3 is 12.1 Å². The van der Waals surface area contributed by atoms with Crippen LogP contribution in [0.5, 0.6) is 0 Å². The molecule has 1 N–H and O–H groups in total. The minimum Gasteiger partial charge on any atom is -0.481 e. The Hall–Kier alpha value is -1.98. The van der Waals surface area contributed by atoms with Gasteiger partial charge in [-0.1, -0.05) is 0 Å². The van der Waals surface area contributed by atoms with Crippen LogP contribution < -0.4 is 0 Å². The Bertz CT molecular complexity index is 488. The van der Waals surface area contributed by atoms with Gasteiger partial charge in [-0.3, -0.25) is 9.69 Å². The molecule has 1 aromatic rings. The van der Waals surface area contributed by atoms with Crippen molar-refractivity contribution in [2.24, 2.45) is 5.92 Å². The molecule has 0 spiro atoms. The zero-order chi connectivity index (χ0) is 14.9. The second-order valence-corrected chi connectivity index (χ2v) is 5.87. The summed E-state index contributed by atoms with van der Waals surface area (Å²) in [5.41, 5.74) is -0.619. The zero-order valence-corrected chi connectivity index (χ0v) is 11.8. The van der Waals surface area contributed by atoms with Gasteiger partial charge in [-0.05, 0) is 39.3 Å². The summed E-state index contributed by atoms with van der Waals surface area (Å²) in [6.07, 6.45) is 1.35. The first-order valence-electron chi connectivity index (χ1n) is 6.55. The first kappa shape index (κ1) is 14.4. The smallest absolute Gasteiger partial charge is 0.410 e. The molecule has 0 radical (unpaired) electrons. The number of carboxylic acids is 1. The van der Waals surface area contributed by atoms with Crippen LogP contribution in [0.15, 0.2) is 22.8 Å². The maximum absolute atomic E-state index is 12.2. The number of carboxylic acid groups (broad SMARTS) is 1. The highest BCUT2D eigenvalue weighted by atomic mass is 16.6. The zero-order valence-electron chi connectivity index (χ0n) is 11.8. The van der Waals surface area contributed by atoms with Gasteiger partial charge in [0.15, 0.2) is 0 Å². The number of hydrogen-bond donors (Lipinski definition) is 1. The van der Waals surface area contributed by atoms with Crippen molar-refractivity contribution < 1.29 is 23.8 Å². The quantitative estimate of drug-likeness (QED) is 0.901. The Kier molecular flexibility index (Phi) is 3.74. The van der Waals surface area contributed by atoms with E-state index in [4.69, 9.17) is 9.15 Å². The molecule has 1 aliphatic rings. The summed E-state index contributed by atoms with van der Waals surface area (Å²) in [5, 5.41) is 9.29. The maximum Gasteiger partial charge on any atom is 0.410 e. The Morgan fingerprint density at radius 3 is 2.65 bits per heavy atom. The molecule has 20 heavy (non-hydrogen) atoms. The van der Waals surface area contributed by atoms with E-state index in [1.54, 1.807) is 32.9 Å². The third kappa shape index (κ3) is 2.95. The van der Waals surface area contributed by atoms with Gasteiger partial charge in [-0.25, -0.2) is 4.79 Å². The molecular formula is C14H19NO5. The van der Waals surface area contributed by atoms with E-state index in [2.05, 4.69) is 0 Å². The predicted octanol–water partition coefficient (Wildman–Crippen LogP) is 2.66. The second kappa shape index (κ2) is 5.19. The van der Waals surface area contributed by atoms with Crippen LogP contribution >= 0.6 is 0 Å². The Labute approximate surface area is 117 Å². The molecule has 0 unspecified atom stereocenters. The molecule has 2 atom stereocenters. The normalized spacial score (nSPS) is 22.9. The molecule has 2 rings (SSSR count). The van der Waals surface area contributed by atoms with E-state index in [1.807, 2.05) is 0 Å². The molecule has 2 heterocycles. The lowest BCUT2D eigenvalue weighted by Gasteiger charge is -2.28. The molecule has 0 aromatic carbocycles. The van der Waals surface area contributed by atoms with Crippen molar-refractivity contribution in [1.29, 1.82) is 0 Å². The van der Waals surface area contributed by atoms with Crippen LogP contribution in [-0.2, 0) is 9.53 Å². The van der Waals surface area contributed by atoms with Crippen molar-refractivity contribution in [3.63, 3.8) is 0 Å². The van der Waals surface area contributed by atoms with Crippen LogP contribution in [-0.4, -0.2) is 34.2 Å². The summed E-state index contributed by atoms with van der Waals surface area (Å²) in [4.78, 5) is 25.0. The van der Waals surface area contributed by atoms with E-state index < -0.39 is 29.6 Å².